The Morgan fingerprint density at radius 2 is 1.88 bits per heavy atom. The van der Waals surface area contributed by atoms with Crippen LogP contribution in [0.15, 0.2) is 59.5 Å². The minimum Gasteiger partial charge on any atom is -0.298 e. The normalized spacial score (nSPS) is 11.1. The summed E-state index contributed by atoms with van der Waals surface area (Å²) in [6, 6.07) is 14.7. The highest BCUT2D eigenvalue weighted by Gasteiger charge is 2.12. The van der Waals surface area contributed by atoms with Gasteiger partial charge in [-0.05, 0) is 48.6 Å². The molecule has 0 saturated carbocycles. The van der Waals surface area contributed by atoms with Gasteiger partial charge in [0, 0.05) is 10.7 Å². The summed E-state index contributed by atoms with van der Waals surface area (Å²) in [5.41, 5.74) is 2.11. The van der Waals surface area contributed by atoms with Crippen LogP contribution < -0.4 is 5.56 Å². The highest BCUT2D eigenvalue weighted by atomic mass is 35.5. The van der Waals surface area contributed by atoms with Gasteiger partial charge in [0.2, 0.25) is 0 Å². The molecule has 2 heterocycles. The van der Waals surface area contributed by atoms with E-state index < -0.39 is 0 Å². The number of hydrogen-bond acceptors (Lipinski definition) is 4. The molecule has 0 spiro atoms. The highest BCUT2D eigenvalue weighted by molar-refractivity contribution is 7.71. The summed E-state index contributed by atoms with van der Waals surface area (Å²) in [5, 5.41) is 7.72. The number of fused-ring (bicyclic) bond motifs is 1. The number of aromatic nitrogens is 5. The lowest BCUT2D eigenvalue weighted by Gasteiger charge is -2.11. The molecule has 0 amide bonds. The summed E-state index contributed by atoms with van der Waals surface area (Å²) >= 11 is 11.3. The second kappa shape index (κ2) is 6.27. The van der Waals surface area contributed by atoms with E-state index in [9.17, 15) is 4.79 Å². The van der Waals surface area contributed by atoms with Crippen molar-refractivity contribution in [3.05, 3.63) is 80.7 Å². The molecule has 25 heavy (non-hydrogen) atoms. The number of hydrogen-bond donors (Lipinski definition) is 1. The average Bonchev–Trinajstić information content (AvgIpc) is 2.99. The molecule has 0 radical (unpaired) electrons. The molecule has 0 bridgehead atoms. The first-order chi connectivity index (χ1) is 12.1. The fourth-order valence-electron chi connectivity index (χ4n) is 2.71. The molecule has 0 atom stereocenters. The number of nitrogens with zero attached hydrogens (tertiary/aromatic N) is 4. The van der Waals surface area contributed by atoms with Crippen LogP contribution in [0.5, 0.6) is 0 Å². The van der Waals surface area contributed by atoms with Crippen molar-refractivity contribution in [2.45, 2.75) is 6.54 Å². The standard InChI is InChI=1S/C17H12ClN5OS/c18-11-5-7-12(8-6-11)23-15(20-21-17(23)25)10-22-14-4-2-1-3-13(14)19-9-16(22)24/h1-9H,10H2,(H,21,25). The van der Waals surface area contributed by atoms with Gasteiger partial charge in [0.1, 0.15) is 0 Å². The van der Waals surface area contributed by atoms with Gasteiger partial charge >= 0.3 is 0 Å². The predicted octanol–water partition coefficient (Wildman–Crippen LogP) is 3.34. The van der Waals surface area contributed by atoms with E-state index in [1.54, 1.807) is 21.3 Å². The number of nitrogens with one attached hydrogen (secondary N) is 1. The van der Waals surface area contributed by atoms with Crippen molar-refractivity contribution in [1.29, 1.82) is 0 Å². The summed E-state index contributed by atoms with van der Waals surface area (Å²) in [5.74, 6) is 0.616. The van der Waals surface area contributed by atoms with E-state index in [2.05, 4.69) is 15.2 Å². The molecule has 2 aromatic heterocycles. The average molecular weight is 370 g/mol. The van der Waals surface area contributed by atoms with Crippen LogP contribution in [0.4, 0.5) is 0 Å². The number of aromatic amines is 1. The lowest BCUT2D eigenvalue weighted by molar-refractivity contribution is 0.718. The molecule has 0 unspecified atom stereocenters. The Morgan fingerprint density at radius 3 is 2.68 bits per heavy atom. The SMILES string of the molecule is O=c1cnc2ccccc2n1Cc1n[nH]c(=S)n1-c1ccc(Cl)cc1. The molecule has 0 fully saturated rings. The van der Waals surface area contributed by atoms with E-state index in [0.29, 0.717) is 15.6 Å². The first-order valence-electron chi connectivity index (χ1n) is 7.50. The Hall–Kier alpha value is -2.77. The molecule has 0 saturated heterocycles. The predicted molar refractivity (Wildman–Crippen MR) is 98.9 cm³/mol. The molecular formula is C17H12ClN5OS. The number of para-hydroxylation sites is 2. The molecular weight excluding hydrogens is 358 g/mol. The monoisotopic (exact) mass is 369 g/mol. The number of rotatable bonds is 3. The maximum atomic E-state index is 12.3. The van der Waals surface area contributed by atoms with Crippen LogP contribution in [0, 0.1) is 4.77 Å². The van der Waals surface area contributed by atoms with E-state index in [0.717, 1.165) is 16.7 Å². The summed E-state index contributed by atoms with van der Waals surface area (Å²) in [6.45, 7) is 0.262. The lowest BCUT2D eigenvalue weighted by Crippen LogP contribution is -2.22. The third kappa shape index (κ3) is 2.88. The minimum atomic E-state index is -0.199. The van der Waals surface area contributed by atoms with Crippen molar-refractivity contribution in [1.82, 2.24) is 24.3 Å². The van der Waals surface area contributed by atoms with Crippen LogP contribution in [0.1, 0.15) is 5.82 Å². The van der Waals surface area contributed by atoms with Crippen molar-refractivity contribution in [2.75, 3.05) is 0 Å². The van der Waals surface area contributed by atoms with Crippen LogP contribution in [0.2, 0.25) is 5.02 Å². The Labute approximate surface area is 152 Å². The molecule has 8 heteroatoms. The van der Waals surface area contributed by atoms with Gasteiger partial charge in [-0.3, -0.25) is 19.0 Å². The van der Waals surface area contributed by atoms with Gasteiger partial charge in [-0.25, -0.2) is 4.98 Å². The van der Waals surface area contributed by atoms with Gasteiger partial charge in [0.15, 0.2) is 10.6 Å². The van der Waals surface area contributed by atoms with Gasteiger partial charge in [-0.15, -0.1) is 0 Å². The topological polar surface area (TPSA) is 68.5 Å². The number of halogens is 1. The van der Waals surface area contributed by atoms with E-state index in [4.69, 9.17) is 23.8 Å². The van der Waals surface area contributed by atoms with Crippen molar-refractivity contribution in [2.24, 2.45) is 0 Å². The van der Waals surface area contributed by atoms with Crippen LogP contribution >= 0.6 is 23.8 Å². The van der Waals surface area contributed by atoms with Crippen LogP contribution in [0.25, 0.3) is 16.7 Å². The Bertz CT molecular complexity index is 1180. The van der Waals surface area contributed by atoms with E-state index >= 15 is 0 Å². The Balaban J connectivity index is 1.86. The summed E-state index contributed by atoms with van der Waals surface area (Å²) < 4.78 is 3.86. The first-order valence-corrected chi connectivity index (χ1v) is 8.29. The van der Waals surface area contributed by atoms with Crippen LogP contribution in [-0.2, 0) is 6.54 Å². The molecule has 0 aliphatic heterocycles. The van der Waals surface area contributed by atoms with E-state index in [1.807, 2.05) is 36.4 Å². The lowest BCUT2D eigenvalue weighted by atomic mass is 10.3. The molecule has 0 aliphatic carbocycles. The van der Waals surface area contributed by atoms with E-state index in [-0.39, 0.29) is 12.1 Å². The highest BCUT2D eigenvalue weighted by Crippen LogP contribution is 2.17. The van der Waals surface area contributed by atoms with Crippen molar-refractivity contribution >= 4 is 34.9 Å². The fourth-order valence-corrected chi connectivity index (χ4v) is 3.09. The zero-order valence-corrected chi connectivity index (χ0v) is 14.5. The summed E-state index contributed by atoms with van der Waals surface area (Å²) in [4.78, 5) is 16.5. The Kier molecular flexibility index (Phi) is 3.95. The van der Waals surface area contributed by atoms with Gasteiger partial charge in [0.05, 0.1) is 23.8 Å². The molecule has 1 N–H and O–H groups in total. The maximum Gasteiger partial charge on any atom is 0.269 e. The quantitative estimate of drug-likeness (QED) is 0.562. The summed E-state index contributed by atoms with van der Waals surface area (Å²) in [7, 11) is 0. The van der Waals surface area contributed by atoms with Gasteiger partial charge in [-0.1, -0.05) is 23.7 Å². The zero-order chi connectivity index (χ0) is 17.4. The minimum absolute atomic E-state index is 0.199. The van der Waals surface area contributed by atoms with Crippen molar-refractivity contribution in [3.8, 4) is 5.69 Å². The molecule has 6 nitrogen and oxygen atoms in total. The van der Waals surface area contributed by atoms with Crippen molar-refractivity contribution < 1.29 is 0 Å². The molecule has 0 aliphatic rings. The second-order valence-corrected chi connectivity index (χ2v) is 6.25. The van der Waals surface area contributed by atoms with Crippen LogP contribution in [0.3, 0.4) is 0 Å². The first kappa shape index (κ1) is 15.7. The zero-order valence-electron chi connectivity index (χ0n) is 12.9. The van der Waals surface area contributed by atoms with Crippen LogP contribution in [-0.4, -0.2) is 24.3 Å². The van der Waals surface area contributed by atoms with Gasteiger partial charge in [0.25, 0.3) is 5.56 Å². The number of benzene rings is 2. The Morgan fingerprint density at radius 1 is 1.12 bits per heavy atom. The smallest absolute Gasteiger partial charge is 0.269 e. The van der Waals surface area contributed by atoms with Gasteiger partial charge in [-0.2, -0.15) is 5.10 Å². The third-order valence-electron chi connectivity index (χ3n) is 3.88. The number of H-pyrrole nitrogens is 1. The fraction of sp³-hybridized carbons (Fsp3) is 0.0588. The molecule has 4 aromatic rings. The largest absolute Gasteiger partial charge is 0.298 e. The molecule has 4 rings (SSSR count). The van der Waals surface area contributed by atoms with Crippen molar-refractivity contribution in [3.63, 3.8) is 0 Å². The third-order valence-corrected chi connectivity index (χ3v) is 4.40. The van der Waals surface area contributed by atoms with E-state index in [1.165, 1.54) is 6.20 Å². The van der Waals surface area contributed by atoms with Gasteiger partial charge < -0.3 is 0 Å². The second-order valence-electron chi connectivity index (χ2n) is 5.43. The molecule has 124 valence electrons. The summed E-state index contributed by atoms with van der Waals surface area (Å²) in [6.07, 6.45) is 1.32. The maximum absolute atomic E-state index is 12.3. The molecule has 2 aromatic carbocycles.